The van der Waals surface area contributed by atoms with Gasteiger partial charge in [-0.3, -0.25) is 28.3 Å². The van der Waals surface area contributed by atoms with Gasteiger partial charge in [-0.05, 0) is 36.6 Å². The summed E-state index contributed by atoms with van der Waals surface area (Å²) in [6.45, 7) is 0.823. The van der Waals surface area contributed by atoms with Gasteiger partial charge in [-0.1, -0.05) is 0 Å². The predicted molar refractivity (Wildman–Crippen MR) is 127 cm³/mol. The standard InChI is InChI=1S/C23H24FN7O4/c1-28-20(32)9-18(27-22(28)34)26-17-4-3-7-30(13-17)19-10-21(33)29(2)23(35)31(19)12-15-8-16(24)6-5-14(15)11-25/h5-6,8-10,17,26H,3-4,7,12-13H2,1-2H3,(H,27,34)/t17-/m1/s1. The number of anilines is 2. The van der Waals surface area contributed by atoms with Crippen molar-refractivity contribution in [2.45, 2.75) is 25.4 Å². The van der Waals surface area contributed by atoms with Crippen molar-refractivity contribution in [2.24, 2.45) is 14.1 Å². The predicted octanol–water partition coefficient (Wildman–Crippen LogP) is 0.0740. The van der Waals surface area contributed by atoms with Crippen molar-refractivity contribution >= 4 is 11.6 Å². The quantitative estimate of drug-likeness (QED) is 0.526. The second-order valence-electron chi connectivity index (χ2n) is 8.50. The van der Waals surface area contributed by atoms with Crippen LogP contribution in [-0.4, -0.2) is 37.8 Å². The van der Waals surface area contributed by atoms with E-state index in [9.17, 15) is 28.8 Å². The molecule has 0 radical (unpaired) electrons. The average Bonchev–Trinajstić information content (AvgIpc) is 2.83. The van der Waals surface area contributed by atoms with Gasteiger partial charge in [0, 0.05) is 45.4 Å². The number of halogens is 1. The zero-order valence-electron chi connectivity index (χ0n) is 19.2. The first-order valence-electron chi connectivity index (χ1n) is 11.0. The molecule has 11 nitrogen and oxygen atoms in total. The molecule has 1 aliphatic rings. The highest BCUT2D eigenvalue weighted by Gasteiger charge is 2.24. The minimum Gasteiger partial charge on any atom is -0.367 e. The van der Waals surface area contributed by atoms with Crippen molar-refractivity contribution in [3.63, 3.8) is 0 Å². The lowest BCUT2D eigenvalue weighted by molar-refractivity contribution is 0.510. The monoisotopic (exact) mass is 481 g/mol. The van der Waals surface area contributed by atoms with E-state index in [4.69, 9.17) is 0 Å². The number of nitrogens with one attached hydrogen (secondary N) is 2. The van der Waals surface area contributed by atoms with Gasteiger partial charge in [0.25, 0.3) is 11.1 Å². The lowest BCUT2D eigenvalue weighted by Gasteiger charge is -2.36. The molecule has 182 valence electrons. The van der Waals surface area contributed by atoms with Crippen molar-refractivity contribution in [2.75, 3.05) is 23.3 Å². The summed E-state index contributed by atoms with van der Waals surface area (Å²) in [4.78, 5) is 53.9. The number of hydrogen-bond donors (Lipinski definition) is 2. The molecule has 1 aliphatic heterocycles. The maximum Gasteiger partial charge on any atom is 0.332 e. The van der Waals surface area contributed by atoms with Gasteiger partial charge >= 0.3 is 11.4 Å². The highest BCUT2D eigenvalue weighted by Crippen LogP contribution is 2.21. The summed E-state index contributed by atoms with van der Waals surface area (Å²) in [5, 5.41) is 12.6. The second-order valence-corrected chi connectivity index (χ2v) is 8.50. The SMILES string of the molecule is Cn1c(=O)cc(N[C@@H]2CCCN(c3cc(=O)n(C)c(=O)n3Cc3cc(F)ccc3C#N)C2)[nH]c1=O. The number of nitriles is 1. The maximum atomic E-state index is 13.9. The number of hydrogen-bond acceptors (Lipinski definition) is 7. The molecule has 0 amide bonds. The van der Waals surface area contributed by atoms with Crippen LogP contribution in [0.5, 0.6) is 0 Å². The fourth-order valence-electron chi connectivity index (χ4n) is 4.20. The third-order valence-electron chi connectivity index (χ3n) is 6.14. The molecule has 0 bridgehead atoms. The van der Waals surface area contributed by atoms with Crippen molar-refractivity contribution in [3.05, 3.63) is 89.0 Å². The first-order chi connectivity index (χ1) is 16.7. The molecule has 1 saturated heterocycles. The summed E-state index contributed by atoms with van der Waals surface area (Å²) in [5.41, 5.74) is -1.53. The van der Waals surface area contributed by atoms with Gasteiger partial charge in [0.05, 0.1) is 18.2 Å². The van der Waals surface area contributed by atoms with E-state index >= 15 is 0 Å². The molecule has 1 atom stereocenters. The van der Waals surface area contributed by atoms with Gasteiger partial charge in [0.1, 0.15) is 17.5 Å². The van der Waals surface area contributed by atoms with Crippen molar-refractivity contribution in [1.82, 2.24) is 18.7 Å². The van der Waals surface area contributed by atoms with Crippen molar-refractivity contribution < 1.29 is 4.39 Å². The minimum absolute atomic E-state index is 0.0976. The van der Waals surface area contributed by atoms with Gasteiger partial charge in [0.15, 0.2) is 0 Å². The van der Waals surface area contributed by atoms with Crippen LogP contribution in [0.3, 0.4) is 0 Å². The number of aromatic nitrogens is 4. The number of aromatic amines is 1. The summed E-state index contributed by atoms with van der Waals surface area (Å²) in [5.74, 6) is 0.0867. The number of rotatable bonds is 5. The Kier molecular flexibility index (Phi) is 6.42. The molecular formula is C23H24FN7O4. The largest absolute Gasteiger partial charge is 0.367 e. The molecule has 3 aromatic rings. The smallest absolute Gasteiger partial charge is 0.332 e. The van der Waals surface area contributed by atoms with Gasteiger partial charge in [-0.2, -0.15) is 5.26 Å². The summed E-state index contributed by atoms with van der Waals surface area (Å²) in [6, 6.07) is 8.18. The molecule has 12 heteroatoms. The third kappa shape index (κ3) is 4.79. The Balaban J connectivity index is 1.69. The zero-order valence-corrected chi connectivity index (χ0v) is 19.2. The molecule has 3 heterocycles. The normalized spacial score (nSPS) is 15.6. The van der Waals surface area contributed by atoms with Crippen LogP contribution in [0.1, 0.15) is 24.0 Å². The lowest BCUT2D eigenvalue weighted by Crippen LogP contribution is -2.47. The first kappa shape index (κ1) is 23.7. The molecule has 0 unspecified atom stereocenters. The molecule has 0 spiro atoms. The fraction of sp³-hybridized carbons (Fsp3) is 0.348. The number of H-pyrrole nitrogens is 1. The van der Waals surface area contributed by atoms with Crippen LogP contribution in [0.15, 0.2) is 49.5 Å². The molecule has 2 N–H and O–H groups in total. The molecule has 0 saturated carbocycles. The molecule has 2 aromatic heterocycles. The van der Waals surface area contributed by atoms with Crippen LogP contribution in [-0.2, 0) is 20.6 Å². The Labute approximate surface area is 198 Å². The zero-order chi connectivity index (χ0) is 25.3. The van der Waals surface area contributed by atoms with Gasteiger partial charge in [-0.15, -0.1) is 0 Å². The molecule has 1 fully saturated rings. The van der Waals surface area contributed by atoms with E-state index in [0.717, 1.165) is 15.6 Å². The molecule has 4 rings (SSSR count). The molecule has 0 aliphatic carbocycles. The summed E-state index contributed by atoms with van der Waals surface area (Å²) >= 11 is 0. The van der Waals surface area contributed by atoms with E-state index in [1.807, 2.05) is 11.0 Å². The summed E-state index contributed by atoms with van der Waals surface area (Å²) < 4.78 is 17.2. The molecule has 1 aromatic carbocycles. The fourth-order valence-corrected chi connectivity index (χ4v) is 4.20. The summed E-state index contributed by atoms with van der Waals surface area (Å²) in [7, 11) is 2.73. The van der Waals surface area contributed by atoms with Crippen molar-refractivity contribution in [3.8, 4) is 6.07 Å². The number of piperidine rings is 1. The van der Waals surface area contributed by atoms with Crippen LogP contribution in [0.4, 0.5) is 16.0 Å². The van der Waals surface area contributed by atoms with E-state index in [0.29, 0.717) is 30.9 Å². The number of benzene rings is 1. The summed E-state index contributed by atoms with van der Waals surface area (Å²) in [6.07, 6.45) is 1.44. The molecule has 35 heavy (non-hydrogen) atoms. The van der Waals surface area contributed by atoms with E-state index in [1.54, 1.807) is 0 Å². The Morgan fingerprint density at radius 3 is 2.57 bits per heavy atom. The third-order valence-corrected chi connectivity index (χ3v) is 6.14. The van der Waals surface area contributed by atoms with Crippen LogP contribution in [0.25, 0.3) is 0 Å². The van der Waals surface area contributed by atoms with Gasteiger partial charge in [-0.25, -0.2) is 14.0 Å². The minimum atomic E-state index is -0.591. The lowest BCUT2D eigenvalue weighted by atomic mass is 10.1. The maximum absolute atomic E-state index is 13.9. The van der Waals surface area contributed by atoms with Crippen LogP contribution in [0.2, 0.25) is 0 Å². The van der Waals surface area contributed by atoms with E-state index < -0.39 is 28.3 Å². The van der Waals surface area contributed by atoms with E-state index in [-0.39, 0.29) is 24.0 Å². The Morgan fingerprint density at radius 1 is 1.11 bits per heavy atom. The average molecular weight is 481 g/mol. The van der Waals surface area contributed by atoms with Gasteiger partial charge in [0.2, 0.25) is 0 Å². The Morgan fingerprint density at radius 2 is 1.86 bits per heavy atom. The van der Waals surface area contributed by atoms with Gasteiger partial charge < -0.3 is 10.2 Å². The van der Waals surface area contributed by atoms with Crippen LogP contribution in [0, 0.1) is 17.1 Å². The van der Waals surface area contributed by atoms with Crippen LogP contribution >= 0.6 is 0 Å². The highest BCUT2D eigenvalue weighted by atomic mass is 19.1. The Hall–Kier alpha value is -4.40. The second kappa shape index (κ2) is 9.46. The topological polar surface area (TPSA) is 138 Å². The Bertz CT molecular complexity index is 1530. The van der Waals surface area contributed by atoms with Crippen LogP contribution < -0.4 is 32.7 Å². The van der Waals surface area contributed by atoms with Crippen molar-refractivity contribution in [1.29, 1.82) is 5.26 Å². The van der Waals surface area contributed by atoms with E-state index in [1.165, 1.54) is 49.0 Å². The number of nitrogens with zero attached hydrogens (tertiary/aromatic N) is 5. The van der Waals surface area contributed by atoms with E-state index in [2.05, 4.69) is 10.3 Å². The molecular weight excluding hydrogens is 457 g/mol. The first-order valence-corrected chi connectivity index (χ1v) is 11.0. The highest BCUT2D eigenvalue weighted by molar-refractivity contribution is 5.44.